The van der Waals surface area contributed by atoms with Crippen LogP contribution in [0, 0.1) is 11.7 Å². The number of hydrogen-bond acceptors (Lipinski definition) is 3. The lowest BCUT2D eigenvalue weighted by Crippen LogP contribution is -2.53. The molecule has 1 aliphatic rings. The van der Waals surface area contributed by atoms with Gasteiger partial charge >= 0.3 is 0 Å². The number of rotatable bonds is 4. The van der Waals surface area contributed by atoms with E-state index in [1.165, 1.54) is 6.07 Å². The molecular weight excluding hydrogens is 305 g/mol. The van der Waals surface area contributed by atoms with E-state index in [2.05, 4.69) is 4.72 Å². The van der Waals surface area contributed by atoms with Gasteiger partial charge in [-0.05, 0) is 33.8 Å². The molecule has 2 unspecified atom stereocenters. The minimum absolute atomic E-state index is 0.0124. The van der Waals surface area contributed by atoms with E-state index in [-0.39, 0.29) is 19.0 Å². The molecule has 2 rings (SSSR count). The van der Waals surface area contributed by atoms with Crippen LogP contribution in [0.5, 0.6) is 0 Å². The summed E-state index contributed by atoms with van der Waals surface area (Å²) >= 11 is 0. The van der Waals surface area contributed by atoms with Gasteiger partial charge in [-0.15, -0.1) is 0 Å². The van der Waals surface area contributed by atoms with Crippen molar-refractivity contribution in [2.75, 3.05) is 13.2 Å². The Bertz CT molecular complexity index is 599. The lowest BCUT2D eigenvalue weighted by Gasteiger charge is -2.37. The van der Waals surface area contributed by atoms with Gasteiger partial charge in [-0.25, -0.2) is 13.3 Å². The number of ether oxygens (including phenoxy) is 1. The van der Waals surface area contributed by atoms with Crippen molar-refractivity contribution in [1.82, 2.24) is 4.72 Å². The summed E-state index contributed by atoms with van der Waals surface area (Å²) in [4.78, 5) is 12.2. The van der Waals surface area contributed by atoms with Crippen LogP contribution in [0.1, 0.15) is 33.3 Å². The Balaban J connectivity index is 2.47. The molecule has 0 aromatic heterocycles. The molecule has 6 heteroatoms. The predicted octanol–water partition coefficient (Wildman–Crippen LogP) is 2.31. The van der Waals surface area contributed by atoms with Crippen LogP contribution in [0.3, 0.4) is 0 Å². The van der Waals surface area contributed by atoms with Crippen LogP contribution < -0.4 is 4.72 Å². The lowest BCUT2D eigenvalue weighted by molar-refractivity contribution is -0.122. The zero-order valence-corrected chi connectivity index (χ0v) is 14.1. The van der Waals surface area contributed by atoms with Crippen LogP contribution in [-0.2, 0) is 26.1 Å². The minimum atomic E-state index is -1.45. The molecule has 1 saturated heterocycles. The van der Waals surface area contributed by atoms with Crippen LogP contribution >= 0.6 is 0 Å². The largest absolute Gasteiger partial charge is 0.373 e. The molecule has 0 aliphatic carbocycles. The Labute approximate surface area is 133 Å². The van der Waals surface area contributed by atoms with Gasteiger partial charge in [-0.1, -0.05) is 18.2 Å². The molecule has 1 fully saturated rings. The van der Waals surface area contributed by atoms with Gasteiger partial charge in [-0.3, -0.25) is 4.79 Å². The summed E-state index contributed by atoms with van der Waals surface area (Å²) < 4.78 is 34.6. The molecule has 1 heterocycles. The van der Waals surface area contributed by atoms with Crippen molar-refractivity contribution in [1.29, 1.82) is 0 Å². The molecule has 0 radical (unpaired) electrons. The van der Waals surface area contributed by atoms with Crippen LogP contribution in [0.2, 0.25) is 0 Å². The monoisotopic (exact) mass is 327 g/mol. The highest BCUT2D eigenvalue weighted by atomic mass is 32.2. The number of nitrogens with one attached hydrogen (secondary N) is 1. The SMILES string of the molecule is CC(C)(C)S(=O)N[C@](C)(c1ccccc1F)C1COCC1=O. The summed E-state index contributed by atoms with van der Waals surface area (Å²) in [6, 6.07) is 6.26. The summed E-state index contributed by atoms with van der Waals surface area (Å²) in [6.07, 6.45) is 0. The number of ketones is 1. The van der Waals surface area contributed by atoms with Crippen LogP contribution in [0.4, 0.5) is 4.39 Å². The quantitative estimate of drug-likeness (QED) is 0.923. The topological polar surface area (TPSA) is 55.4 Å². The molecule has 0 saturated carbocycles. The number of carbonyl (C=O) groups is 1. The van der Waals surface area contributed by atoms with Crippen LogP contribution in [0.15, 0.2) is 24.3 Å². The van der Waals surface area contributed by atoms with Gasteiger partial charge in [0.25, 0.3) is 0 Å². The Hall–Kier alpha value is -1.11. The Kier molecular flexibility index (Phi) is 4.84. The van der Waals surface area contributed by atoms with E-state index in [4.69, 9.17) is 4.74 Å². The molecule has 3 atom stereocenters. The number of benzene rings is 1. The highest BCUT2D eigenvalue weighted by molar-refractivity contribution is 7.84. The normalized spacial score (nSPS) is 23.3. The van der Waals surface area contributed by atoms with Gasteiger partial charge in [-0.2, -0.15) is 0 Å². The maximum absolute atomic E-state index is 14.3. The van der Waals surface area contributed by atoms with Crippen molar-refractivity contribution in [2.45, 2.75) is 38.0 Å². The zero-order valence-electron chi connectivity index (χ0n) is 13.3. The molecular formula is C16H22FNO3S. The fourth-order valence-electron chi connectivity index (χ4n) is 2.50. The first kappa shape index (κ1) is 17.2. The molecule has 0 bridgehead atoms. The first-order valence-electron chi connectivity index (χ1n) is 7.21. The Morgan fingerprint density at radius 1 is 1.27 bits per heavy atom. The van der Waals surface area contributed by atoms with Crippen molar-refractivity contribution >= 4 is 16.8 Å². The van der Waals surface area contributed by atoms with Crippen molar-refractivity contribution in [3.8, 4) is 0 Å². The summed E-state index contributed by atoms with van der Waals surface area (Å²) in [7, 11) is -1.45. The molecule has 22 heavy (non-hydrogen) atoms. The van der Waals surface area contributed by atoms with Gasteiger partial charge in [0.2, 0.25) is 0 Å². The lowest BCUT2D eigenvalue weighted by atomic mass is 9.79. The second-order valence-electron chi connectivity index (χ2n) is 6.70. The molecule has 1 N–H and O–H groups in total. The maximum Gasteiger partial charge on any atom is 0.166 e. The third-order valence-electron chi connectivity index (χ3n) is 3.91. The zero-order chi connectivity index (χ0) is 16.5. The number of hydrogen-bond donors (Lipinski definition) is 1. The smallest absolute Gasteiger partial charge is 0.166 e. The van der Waals surface area contributed by atoms with Gasteiger partial charge in [0.05, 0.1) is 33.8 Å². The molecule has 1 aliphatic heterocycles. The number of Topliss-reactive ketones (excluding diaryl/α,β-unsaturated/α-hetero) is 1. The Morgan fingerprint density at radius 2 is 1.91 bits per heavy atom. The van der Waals surface area contributed by atoms with Crippen LogP contribution in [0.25, 0.3) is 0 Å². The first-order valence-corrected chi connectivity index (χ1v) is 8.36. The van der Waals surface area contributed by atoms with Crippen LogP contribution in [-0.4, -0.2) is 28.0 Å². The highest BCUT2D eigenvalue weighted by Crippen LogP contribution is 2.35. The average Bonchev–Trinajstić information content (AvgIpc) is 2.84. The van der Waals surface area contributed by atoms with Gasteiger partial charge < -0.3 is 4.74 Å². The second-order valence-corrected chi connectivity index (χ2v) is 8.67. The molecule has 1 aromatic rings. The van der Waals surface area contributed by atoms with E-state index in [0.29, 0.717) is 5.56 Å². The van der Waals surface area contributed by atoms with E-state index in [9.17, 15) is 13.4 Å². The number of halogens is 1. The molecule has 122 valence electrons. The van der Waals surface area contributed by atoms with E-state index in [0.717, 1.165) is 0 Å². The van der Waals surface area contributed by atoms with E-state index >= 15 is 0 Å². The molecule has 1 aromatic carbocycles. The predicted molar refractivity (Wildman–Crippen MR) is 84.1 cm³/mol. The second kappa shape index (κ2) is 6.18. The highest BCUT2D eigenvalue weighted by Gasteiger charge is 2.46. The fraction of sp³-hybridized carbons (Fsp3) is 0.562. The molecule has 4 nitrogen and oxygen atoms in total. The van der Waals surface area contributed by atoms with Gasteiger partial charge in [0, 0.05) is 5.56 Å². The summed E-state index contributed by atoms with van der Waals surface area (Å²) in [5.74, 6) is -1.11. The van der Waals surface area contributed by atoms with Crippen molar-refractivity contribution in [2.24, 2.45) is 5.92 Å². The van der Waals surface area contributed by atoms with Gasteiger partial charge in [0.15, 0.2) is 5.78 Å². The van der Waals surface area contributed by atoms with E-state index in [1.807, 2.05) is 20.8 Å². The minimum Gasteiger partial charge on any atom is -0.373 e. The molecule has 0 spiro atoms. The van der Waals surface area contributed by atoms with E-state index < -0.39 is 33.0 Å². The van der Waals surface area contributed by atoms with Gasteiger partial charge in [0.1, 0.15) is 12.4 Å². The first-order chi connectivity index (χ1) is 10.2. The summed E-state index contributed by atoms with van der Waals surface area (Å²) in [5, 5.41) is 0. The van der Waals surface area contributed by atoms with Crippen molar-refractivity contribution < 1.29 is 18.1 Å². The fourth-order valence-corrected chi connectivity index (χ4v) is 3.44. The number of carbonyl (C=O) groups excluding carboxylic acids is 1. The molecule has 0 amide bonds. The maximum atomic E-state index is 14.3. The summed E-state index contributed by atoms with van der Waals surface area (Å²) in [6.45, 7) is 7.39. The average molecular weight is 327 g/mol. The summed E-state index contributed by atoms with van der Waals surface area (Å²) in [5.41, 5.74) is -0.756. The standard InChI is InChI=1S/C16H22FNO3S/c1-15(2,3)22(20)18-16(4,12-9-21-10-14(12)19)11-7-5-6-8-13(11)17/h5-8,12,18H,9-10H2,1-4H3/t12?,16-,22?/m1/s1. The van der Waals surface area contributed by atoms with Crippen molar-refractivity contribution in [3.05, 3.63) is 35.6 Å². The van der Waals surface area contributed by atoms with Crippen molar-refractivity contribution in [3.63, 3.8) is 0 Å². The third kappa shape index (κ3) is 3.29. The third-order valence-corrected chi connectivity index (χ3v) is 5.63. The van der Waals surface area contributed by atoms with E-state index in [1.54, 1.807) is 25.1 Å². The Morgan fingerprint density at radius 3 is 2.41 bits per heavy atom.